The quantitative estimate of drug-likeness (QED) is 0.634. The Morgan fingerprint density at radius 2 is 2.15 bits per heavy atom. The molecule has 0 heterocycles. The van der Waals surface area contributed by atoms with Gasteiger partial charge in [0.15, 0.2) is 5.92 Å². The molecule has 106 valence electrons. The summed E-state index contributed by atoms with van der Waals surface area (Å²) in [5.74, 6) is -3.21. The van der Waals surface area contributed by atoms with E-state index in [1.807, 2.05) is 13.0 Å². The SMILES string of the molecule is CCC(C)OC(=O)C(Cc1cccc(C#N)c1)C(=O)O. The topological polar surface area (TPSA) is 87.4 Å². The lowest BCUT2D eigenvalue weighted by molar-refractivity contribution is -0.161. The third-order valence-corrected chi connectivity index (χ3v) is 2.97. The Morgan fingerprint density at radius 1 is 1.45 bits per heavy atom. The van der Waals surface area contributed by atoms with E-state index in [2.05, 4.69) is 0 Å². The number of carboxylic acids is 1. The van der Waals surface area contributed by atoms with Gasteiger partial charge in [0.05, 0.1) is 17.7 Å². The molecule has 0 saturated carbocycles. The van der Waals surface area contributed by atoms with Crippen LogP contribution in [0, 0.1) is 17.2 Å². The van der Waals surface area contributed by atoms with Crippen LogP contribution in [0.4, 0.5) is 0 Å². The highest BCUT2D eigenvalue weighted by atomic mass is 16.5. The molecule has 2 unspecified atom stereocenters. The molecule has 5 nitrogen and oxygen atoms in total. The normalized spacial score (nSPS) is 13.1. The molecule has 0 bridgehead atoms. The summed E-state index contributed by atoms with van der Waals surface area (Å²) in [4.78, 5) is 23.0. The van der Waals surface area contributed by atoms with Crippen LogP contribution in [-0.2, 0) is 20.7 Å². The van der Waals surface area contributed by atoms with Crippen LogP contribution in [0.15, 0.2) is 24.3 Å². The van der Waals surface area contributed by atoms with E-state index in [-0.39, 0.29) is 12.5 Å². The van der Waals surface area contributed by atoms with Crippen molar-refractivity contribution in [2.45, 2.75) is 32.8 Å². The Labute approximate surface area is 117 Å². The second-order valence-electron chi connectivity index (χ2n) is 4.56. The average Bonchev–Trinajstić information content (AvgIpc) is 2.44. The number of nitriles is 1. The van der Waals surface area contributed by atoms with Crippen LogP contribution >= 0.6 is 0 Å². The average molecular weight is 275 g/mol. The first-order valence-corrected chi connectivity index (χ1v) is 6.40. The summed E-state index contributed by atoms with van der Waals surface area (Å²) in [6.45, 7) is 3.57. The van der Waals surface area contributed by atoms with Crippen molar-refractivity contribution in [1.29, 1.82) is 5.26 Å². The third kappa shape index (κ3) is 4.39. The number of aliphatic carboxylic acids is 1. The second-order valence-corrected chi connectivity index (χ2v) is 4.56. The van der Waals surface area contributed by atoms with Gasteiger partial charge >= 0.3 is 11.9 Å². The van der Waals surface area contributed by atoms with E-state index < -0.39 is 17.9 Å². The van der Waals surface area contributed by atoms with Crippen LogP contribution in [0.1, 0.15) is 31.4 Å². The smallest absolute Gasteiger partial charge is 0.320 e. The summed E-state index contributed by atoms with van der Waals surface area (Å²) in [6.07, 6.45) is 0.331. The van der Waals surface area contributed by atoms with Crippen molar-refractivity contribution in [3.8, 4) is 6.07 Å². The van der Waals surface area contributed by atoms with Gasteiger partial charge in [-0.15, -0.1) is 0 Å². The fourth-order valence-electron chi connectivity index (χ4n) is 1.64. The molecule has 0 spiro atoms. The van der Waals surface area contributed by atoms with Gasteiger partial charge in [0.2, 0.25) is 0 Å². The van der Waals surface area contributed by atoms with Gasteiger partial charge in [-0.1, -0.05) is 19.1 Å². The molecule has 1 aromatic rings. The zero-order chi connectivity index (χ0) is 15.1. The number of esters is 1. The number of benzene rings is 1. The van der Waals surface area contributed by atoms with Gasteiger partial charge < -0.3 is 9.84 Å². The molecule has 0 fully saturated rings. The first kappa shape index (κ1) is 15.7. The molecule has 1 rings (SSSR count). The summed E-state index contributed by atoms with van der Waals surface area (Å²) < 4.78 is 5.07. The van der Waals surface area contributed by atoms with Crippen LogP contribution in [-0.4, -0.2) is 23.1 Å². The number of carboxylic acid groups (broad SMARTS) is 1. The number of hydrogen-bond acceptors (Lipinski definition) is 4. The van der Waals surface area contributed by atoms with Crippen molar-refractivity contribution in [2.24, 2.45) is 5.92 Å². The fourth-order valence-corrected chi connectivity index (χ4v) is 1.64. The maximum Gasteiger partial charge on any atom is 0.320 e. The highest BCUT2D eigenvalue weighted by Crippen LogP contribution is 2.14. The zero-order valence-electron chi connectivity index (χ0n) is 11.5. The lowest BCUT2D eigenvalue weighted by Gasteiger charge is -2.16. The van der Waals surface area contributed by atoms with Crippen LogP contribution in [0.5, 0.6) is 0 Å². The summed E-state index contributed by atoms with van der Waals surface area (Å²) in [5.41, 5.74) is 1.06. The van der Waals surface area contributed by atoms with Crippen LogP contribution < -0.4 is 0 Å². The van der Waals surface area contributed by atoms with Gasteiger partial charge in [-0.3, -0.25) is 9.59 Å². The van der Waals surface area contributed by atoms with E-state index in [9.17, 15) is 9.59 Å². The number of rotatable bonds is 6. The number of carbonyl (C=O) groups is 2. The minimum absolute atomic E-state index is 0.0140. The Morgan fingerprint density at radius 3 is 2.70 bits per heavy atom. The molecule has 1 aromatic carbocycles. The molecule has 0 aliphatic rings. The largest absolute Gasteiger partial charge is 0.481 e. The number of nitrogens with zero attached hydrogens (tertiary/aromatic N) is 1. The molecule has 5 heteroatoms. The molecule has 2 atom stereocenters. The van der Waals surface area contributed by atoms with Crippen molar-refractivity contribution in [1.82, 2.24) is 0 Å². The van der Waals surface area contributed by atoms with Crippen LogP contribution in [0.2, 0.25) is 0 Å². The first-order valence-electron chi connectivity index (χ1n) is 6.40. The summed E-state index contributed by atoms with van der Waals surface area (Å²) in [5, 5.41) is 18.0. The van der Waals surface area contributed by atoms with Gasteiger partial charge in [0.25, 0.3) is 0 Å². The Balaban J connectivity index is 2.84. The molecule has 0 aromatic heterocycles. The molecular weight excluding hydrogens is 258 g/mol. The van der Waals surface area contributed by atoms with E-state index in [1.54, 1.807) is 31.2 Å². The van der Waals surface area contributed by atoms with Crippen molar-refractivity contribution >= 4 is 11.9 Å². The molecular formula is C15H17NO4. The van der Waals surface area contributed by atoms with Crippen LogP contribution in [0.3, 0.4) is 0 Å². The molecule has 1 N–H and O–H groups in total. The van der Waals surface area contributed by atoms with Gasteiger partial charge in [0.1, 0.15) is 0 Å². The lowest BCUT2D eigenvalue weighted by Crippen LogP contribution is -2.30. The van der Waals surface area contributed by atoms with Crippen LogP contribution in [0.25, 0.3) is 0 Å². The van der Waals surface area contributed by atoms with Crippen molar-refractivity contribution in [3.63, 3.8) is 0 Å². The maximum atomic E-state index is 11.8. The van der Waals surface area contributed by atoms with Crippen molar-refractivity contribution < 1.29 is 19.4 Å². The predicted molar refractivity (Wildman–Crippen MR) is 71.8 cm³/mol. The van der Waals surface area contributed by atoms with E-state index in [0.717, 1.165) is 0 Å². The Bertz CT molecular complexity index is 533. The predicted octanol–water partition coefficient (Wildman–Crippen LogP) is 2.14. The highest BCUT2D eigenvalue weighted by Gasteiger charge is 2.29. The van der Waals surface area contributed by atoms with E-state index in [4.69, 9.17) is 15.1 Å². The minimum Gasteiger partial charge on any atom is -0.481 e. The van der Waals surface area contributed by atoms with Crippen molar-refractivity contribution in [3.05, 3.63) is 35.4 Å². The number of carbonyl (C=O) groups excluding carboxylic acids is 1. The zero-order valence-corrected chi connectivity index (χ0v) is 11.5. The standard InChI is InChI=1S/C15H17NO4/c1-3-10(2)20-15(19)13(14(17)18)8-11-5-4-6-12(7-11)9-16/h4-7,10,13H,3,8H2,1-2H3,(H,17,18). The highest BCUT2D eigenvalue weighted by molar-refractivity contribution is 5.94. The van der Waals surface area contributed by atoms with Gasteiger partial charge in [-0.05, 0) is 37.5 Å². The van der Waals surface area contributed by atoms with Gasteiger partial charge in [-0.2, -0.15) is 5.26 Å². The number of ether oxygens (including phenoxy) is 1. The monoisotopic (exact) mass is 275 g/mol. The van der Waals surface area contributed by atoms with Crippen molar-refractivity contribution in [2.75, 3.05) is 0 Å². The first-order chi connectivity index (χ1) is 9.47. The molecule has 0 saturated heterocycles. The van der Waals surface area contributed by atoms with E-state index in [0.29, 0.717) is 17.5 Å². The van der Waals surface area contributed by atoms with Gasteiger partial charge in [0, 0.05) is 0 Å². The third-order valence-electron chi connectivity index (χ3n) is 2.97. The summed E-state index contributed by atoms with van der Waals surface area (Å²) in [6, 6.07) is 8.52. The molecule has 0 radical (unpaired) electrons. The summed E-state index contributed by atoms with van der Waals surface area (Å²) in [7, 11) is 0. The molecule has 0 amide bonds. The fraction of sp³-hybridized carbons (Fsp3) is 0.400. The summed E-state index contributed by atoms with van der Waals surface area (Å²) >= 11 is 0. The van der Waals surface area contributed by atoms with Gasteiger partial charge in [-0.25, -0.2) is 0 Å². The maximum absolute atomic E-state index is 11.8. The van der Waals surface area contributed by atoms with E-state index >= 15 is 0 Å². The Kier molecular flexibility index (Phi) is 5.73. The Hall–Kier alpha value is -2.35. The lowest BCUT2D eigenvalue weighted by atomic mass is 9.98. The second kappa shape index (κ2) is 7.29. The molecule has 0 aliphatic heterocycles. The van der Waals surface area contributed by atoms with E-state index in [1.165, 1.54) is 0 Å². The number of hydrogen-bond donors (Lipinski definition) is 1. The minimum atomic E-state index is -1.25. The molecule has 0 aliphatic carbocycles. The molecule has 20 heavy (non-hydrogen) atoms.